The van der Waals surface area contributed by atoms with E-state index in [0.717, 1.165) is 17.1 Å². The second-order valence-corrected chi connectivity index (χ2v) is 7.25. The number of fused-ring (bicyclic) bond motifs is 1. The van der Waals surface area contributed by atoms with Gasteiger partial charge in [-0.3, -0.25) is 14.4 Å². The van der Waals surface area contributed by atoms with Crippen molar-refractivity contribution in [2.45, 2.75) is 12.7 Å². The van der Waals surface area contributed by atoms with Crippen LogP contribution >= 0.6 is 0 Å². The molecule has 6 nitrogen and oxygen atoms in total. The molecule has 2 aromatic carbocycles. The molecule has 9 heteroatoms. The minimum absolute atomic E-state index is 0.334. The number of benzene rings is 2. The molecule has 4 rings (SSSR count). The number of pyridine rings is 1. The lowest BCUT2D eigenvalue weighted by Crippen LogP contribution is -2.27. The third-order valence-electron chi connectivity index (χ3n) is 5.02. The number of para-hydroxylation sites is 1. The highest BCUT2D eigenvalue weighted by molar-refractivity contribution is 6.14. The van der Waals surface area contributed by atoms with Crippen molar-refractivity contribution < 1.29 is 27.5 Å². The zero-order valence-electron chi connectivity index (χ0n) is 17.1. The monoisotopic (exact) mass is 454 g/mol. The molecule has 0 fully saturated rings. The second kappa shape index (κ2) is 8.78. The quantitative estimate of drug-likeness (QED) is 0.345. The van der Waals surface area contributed by atoms with E-state index < -0.39 is 42.2 Å². The molecular formula is C24H17F3N2O4. The number of Topliss-reactive ketones (excluding diaryl/α,β-unsaturated/α-hetero) is 1. The van der Waals surface area contributed by atoms with E-state index in [2.05, 4.69) is 4.98 Å². The van der Waals surface area contributed by atoms with Gasteiger partial charge < -0.3 is 14.3 Å². The molecule has 1 N–H and O–H groups in total. The molecule has 0 atom stereocenters. The van der Waals surface area contributed by atoms with Crippen molar-refractivity contribution in [1.82, 2.24) is 9.55 Å². The minimum Gasteiger partial charge on any atom is -0.456 e. The Morgan fingerprint density at radius 1 is 0.939 bits per heavy atom. The molecule has 2 heterocycles. The first-order valence-corrected chi connectivity index (χ1v) is 9.86. The SMILES string of the molecule is O=C(Cn1cc(C(F)(F)F)ccc1=O)OCC(=O)c1c(-c2ccccc2)[nH]c2ccccc12. The molecule has 0 saturated heterocycles. The van der Waals surface area contributed by atoms with Gasteiger partial charge in [-0.15, -0.1) is 0 Å². The van der Waals surface area contributed by atoms with Crippen molar-refractivity contribution in [2.75, 3.05) is 6.61 Å². The highest BCUT2D eigenvalue weighted by Gasteiger charge is 2.31. The topological polar surface area (TPSA) is 81.2 Å². The number of hydrogen-bond acceptors (Lipinski definition) is 4. The number of nitrogens with zero attached hydrogens (tertiary/aromatic N) is 1. The number of halogens is 3. The minimum atomic E-state index is -4.67. The van der Waals surface area contributed by atoms with Gasteiger partial charge in [-0.1, -0.05) is 48.5 Å². The fraction of sp³-hybridized carbons (Fsp3) is 0.125. The van der Waals surface area contributed by atoms with Crippen LogP contribution < -0.4 is 5.56 Å². The van der Waals surface area contributed by atoms with Gasteiger partial charge in [-0.2, -0.15) is 13.2 Å². The molecule has 4 aromatic rings. The smallest absolute Gasteiger partial charge is 0.417 e. The zero-order chi connectivity index (χ0) is 23.6. The third kappa shape index (κ3) is 4.72. The number of H-pyrrole nitrogens is 1. The van der Waals surface area contributed by atoms with E-state index in [1.54, 1.807) is 12.1 Å². The maximum Gasteiger partial charge on any atom is 0.417 e. The van der Waals surface area contributed by atoms with Crippen LogP contribution in [0.4, 0.5) is 13.2 Å². The van der Waals surface area contributed by atoms with E-state index >= 15 is 0 Å². The van der Waals surface area contributed by atoms with Gasteiger partial charge in [0.05, 0.1) is 16.8 Å². The number of ketones is 1. The average molecular weight is 454 g/mol. The van der Waals surface area contributed by atoms with Crippen molar-refractivity contribution >= 4 is 22.7 Å². The van der Waals surface area contributed by atoms with Crippen LogP contribution in [0.15, 0.2) is 77.7 Å². The Balaban J connectivity index is 1.54. The standard InChI is InChI=1S/C24H17F3N2O4/c25-24(26,27)16-10-11-20(31)29(12-16)13-21(32)33-14-19(30)22-17-8-4-5-9-18(17)28-23(22)15-6-2-1-3-7-15/h1-12,28H,13-14H2. The summed E-state index contributed by atoms with van der Waals surface area (Å²) in [7, 11) is 0. The summed E-state index contributed by atoms with van der Waals surface area (Å²) in [6.07, 6.45) is -4.13. The molecule has 0 saturated carbocycles. The van der Waals surface area contributed by atoms with Crippen LogP contribution in [-0.4, -0.2) is 27.9 Å². The summed E-state index contributed by atoms with van der Waals surface area (Å²) in [4.78, 5) is 40.2. The average Bonchev–Trinajstić information content (AvgIpc) is 3.18. The molecule has 0 spiro atoms. The lowest BCUT2D eigenvalue weighted by atomic mass is 10.0. The van der Waals surface area contributed by atoms with E-state index in [1.165, 1.54) is 0 Å². The lowest BCUT2D eigenvalue weighted by molar-refractivity contribution is -0.144. The number of carbonyl (C=O) groups excluding carboxylic acids is 2. The zero-order valence-corrected chi connectivity index (χ0v) is 17.1. The second-order valence-electron chi connectivity index (χ2n) is 7.25. The Morgan fingerprint density at radius 3 is 2.36 bits per heavy atom. The number of aromatic amines is 1. The Morgan fingerprint density at radius 2 is 1.64 bits per heavy atom. The normalized spacial score (nSPS) is 11.5. The Bertz CT molecular complexity index is 1390. The number of nitrogens with one attached hydrogen (secondary N) is 1. The highest BCUT2D eigenvalue weighted by Crippen LogP contribution is 2.31. The molecule has 33 heavy (non-hydrogen) atoms. The van der Waals surface area contributed by atoms with Crippen molar-refractivity contribution in [3.8, 4) is 11.3 Å². The molecule has 0 amide bonds. The molecule has 168 valence electrons. The van der Waals surface area contributed by atoms with Gasteiger partial charge >= 0.3 is 12.1 Å². The van der Waals surface area contributed by atoms with Gasteiger partial charge in [0.15, 0.2) is 6.61 Å². The summed E-state index contributed by atoms with van der Waals surface area (Å²) in [6, 6.07) is 17.6. The first-order valence-electron chi connectivity index (χ1n) is 9.86. The van der Waals surface area contributed by atoms with Crippen molar-refractivity contribution in [2.24, 2.45) is 0 Å². The maximum atomic E-state index is 13.0. The summed E-state index contributed by atoms with van der Waals surface area (Å²) < 4.78 is 44.2. The third-order valence-corrected chi connectivity index (χ3v) is 5.02. The van der Waals surface area contributed by atoms with Crippen LogP contribution in [0.25, 0.3) is 22.2 Å². The fourth-order valence-corrected chi connectivity index (χ4v) is 3.48. The molecule has 0 aliphatic heterocycles. The maximum absolute atomic E-state index is 13.0. The Hall–Kier alpha value is -4.14. The highest BCUT2D eigenvalue weighted by atomic mass is 19.4. The van der Waals surface area contributed by atoms with E-state index in [0.29, 0.717) is 33.5 Å². The number of alkyl halides is 3. The number of rotatable bonds is 6. The van der Waals surface area contributed by atoms with Crippen LogP contribution in [0.1, 0.15) is 15.9 Å². The van der Waals surface area contributed by atoms with E-state index in [-0.39, 0.29) is 0 Å². The predicted molar refractivity (Wildman–Crippen MR) is 115 cm³/mol. The first-order chi connectivity index (χ1) is 15.7. The largest absolute Gasteiger partial charge is 0.456 e. The molecule has 0 aliphatic rings. The summed E-state index contributed by atoms with van der Waals surface area (Å²) >= 11 is 0. The van der Waals surface area contributed by atoms with Crippen molar-refractivity contribution in [3.05, 3.63) is 94.4 Å². The van der Waals surface area contributed by atoms with Crippen molar-refractivity contribution in [3.63, 3.8) is 0 Å². The van der Waals surface area contributed by atoms with E-state index in [9.17, 15) is 27.6 Å². The van der Waals surface area contributed by atoms with Crippen LogP contribution in [-0.2, 0) is 22.3 Å². The Kier molecular flexibility index (Phi) is 5.87. The Labute approximate surface area is 185 Å². The number of aromatic nitrogens is 2. The predicted octanol–water partition coefficient (Wildman–Crippen LogP) is 4.44. The number of hydrogen-bond donors (Lipinski definition) is 1. The summed E-state index contributed by atoms with van der Waals surface area (Å²) in [6.45, 7) is -1.39. The van der Waals surface area contributed by atoms with Crippen molar-refractivity contribution in [1.29, 1.82) is 0 Å². The van der Waals surface area contributed by atoms with Crippen LogP contribution in [0.3, 0.4) is 0 Å². The summed E-state index contributed by atoms with van der Waals surface area (Å²) in [5.41, 5.74) is 0.514. The molecule has 2 aromatic heterocycles. The number of esters is 1. The van der Waals surface area contributed by atoms with E-state index in [4.69, 9.17) is 4.74 Å². The first kappa shape index (κ1) is 22.1. The number of carbonyl (C=O) groups is 2. The van der Waals surface area contributed by atoms with Gasteiger partial charge in [0.1, 0.15) is 6.54 Å². The fourth-order valence-electron chi connectivity index (χ4n) is 3.48. The van der Waals surface area contributed by atoms with E-state index in [1.807, 2.05) is 42.5 Å². The molecule has 0 bridgehead atoms. The molecule has 0 aliphatic carbocycles. The van der Waals surface area contributed by atoms with Gasteiger partial charge in [-0.25, -0.2) is 0 Å². The lowest BCUT2D eigenvalue weighted by Gasteiger charge is -2.11. The van der Waals surface area contributed by atoms with Gasteiger partial charge in [0.25, 0.3) is 5.56 Å². The summed E-state index contributed by atoms with van der Waals surface area (Å²) in [5, 5.41) is 0.645. The van der Waals surface area contributed by atoms with Crippen LogP contribution in [0.5, 0.6) is 0 Å². The van der Waals surface area contributed by atoms with Gasteiger partial charge in [0, 0.05) is 23.2 Å². The van der Waals surface area contributed by atoms with Crippen LogP contribution in [0.2, 0.25) is 0 Å². The molecular weight excluding hydrogens is 437 g/mol. The molecule has 0 radical (unpaired) electrons. The van der Waals surface area contributed by atoms with Crippen LogP contribution in [0, 0.1) is 0 Å². The summed E-state index contributed by atoms with van der Waals surface area (Å²) in [5.74, 6) is -1.50. The number of ether oxygens (including phenoxy) is 1. The van der Waals surface area contributed by atoms with Gasteiger partial charge in [0.2, 0.25) is 5.78 Å². The molecule has 0 unspecified atom stereocenters. The van der Waals surface area contributed by atoms with Gasteiger partial charge in [-0.05, 0) is 17.7 Å².